The Labute approximate surface area is 153 Å². The van der Waals surface area contributed by atoms with Crippen LogP contribution in [0.25, 0.3) is 0 Å². The summed E-state index contributed by atoms with van der Waals surface area (Å²) < 4.78 is 6.94. The fourth-order valence-electron chi connectivity index (χ4n) is 6.94. The predicted octanol–water partition coefficient (Wildman–Crippen LogP) is 1.04. The van der Waals surface area contributed by atoms with Crippen LogP contribution in [0.15, 0.2) is 12.1 Å². The molecule has 0 amide bonds. The van der Waals surface area contributed by atoms with E-state index >= 15 is 0 Å². The molecule has 2 saturated carbocycles. The predicted molar refractivity (Wildman–Crippen MR) is 91.9 cm³/mol. The Morgan fingerprint density at radius 3 is 2.92 bits per heavy atom. The van der Waals surface area contributed by atoms with Crippen molar-refractivity contribution in [2.75, 3.05) is 20.1 Å². The van der Waals surface area contributed by atoms with Gasteiger partial charge in [-0.2, -0.15) is 0 Å². The van der Waals surface area contributed by atoms with Crippen LogP contribution < -0.4 is 9.84 Å². The second-order valence-corrected chi connectivity index (χ2v) is 9.57. The summed E-state index contributed by atoms with van der Waals surface area (Å²) in [5.74, 6) is 1.54. The monoisotopic (exact) mass is 355 g/mol. The van der Waals surface area contributed by atoms with Crippen LogP contribution in [0.3, 0.4) is 0 Å². The molecule has 26 heavy (non-hydrogen) atoms. The molecule has 2 aliphatic heterocycles. The first kappa shape index (κ1) is 15.5. The van der Waals surface area contributed by atoms with E-state index < -0.39 is 17.1 Å². The number of carbonyl (C=O) groups excluding carboxylic acids is 1. The summed E-state index contributed by atoms with van der Waals surface area (Å²) in [6.07, 6.45) is 4.14. The number of rotatable bonds is 2. The van der Waals surface area contributed by atoms with Gasteiger partial charge in [0.2, 0.25) is 0 Å². The van der Waals surface area contributed by atoms with Crippen LogP contribution in [0, 0.1) is 5.92 Å². The van der Waals surface area contributed by atoms with E-state index in [1.807, 2.05) is 0 Å². The number of piperidine rings is 1. The Hall–Kier alpha value is -1.59. The van der Waals surface area contributed by atoms with Crippen LogP contribution in [0.4, 0.5) is 0 Å². The molecule has 5 heteroatoms. The highest BCUT2D eigenvalue weighted by molar-refractivity contribution is 5.89. The van der Waals surface area contributed by atoms with Crippen LogP contribution >= 0.6 is 0 Å². The molecule has 5 aliphatic rings. The van der Waals surface area contributed by atoms with E-state index in [0.717, 1.165) is 41.0 Å². The van der Waals surface area contributed by atoms with Crippen molar-refractivity contribution < 1.29 is 24.2 Å². The number of nitrogens with zero attached hydrogens (tertiary/aromatic N) is 1. The number of quaternary nitrogens is 1. The van der Waals surface area contributed by atoms with Crippen molar-refractivity contribution in [3.8, 4) is 11.5 Å². The average molecular weight is 355 g/mol. The Morgan fingerprint density at radius 1 is 1.35 bits per heavy atom. The molecule has 138 valence electrons. The van der Waals surface area contributed by atoms with Gasteiger partial charge in [-0.05, 0) is 30.9 Å². The van der Waals surface area contributed by atoms with Gasteiger partial charge in [0.25, 0.3) is 0 Å². The number of likely N-dealkylation sites (N-methyl/N-ethyl adjacent to an activating group) is 1. The van der Waals surface area contributed by atoms with Crippen LogP contribution in [-0.2, 0) is 16.6 Å². The third-order valence-corrected chi connectivity index (χ3v) is 8.28. The lowest BCUT2D eigenvalue weighted by Gasteiger charge is -2.64. The molecule has 3 aliphatic carbocycles. The summed E-state index contributed by atoms with van der Waals surface area (Å²) in [4.78, 5) is 12.8. The number of benzene rings is 1. The van der Waals surface area contributed by atoms with E-state index in [4.69, 9.17) is 4.74 Å². The van der Waals surface area contributed by atoms with E-state index in [1.54, 1.807) is 12.1 Å². The smallest absolute Gasteiger partial charge is 0.174 e. The van der Waals surface area contributed by atoms with Gasteiger partial charge in [-0.25, -0.2) is 0 Å². The second-order valence-electron chi connectivity index (χ2n) is 9.57. The SMILES string of the molecule is C[N@+]1(CC2CC2)CC[C@]23c4c5ccc([O-])c4C[C@H]1[C@]2(O)CCC(=O)C3O5. The maximum Gasteiger partial charge on any atom is 0.174 e. The summed E-state index contributed by atoms with van der Waals surface area (Å²) in [6.45, 7) is 2.02. The highest BCUT2D eigenvalue weighted by atomic mass is 16.5. The number of ether oxygens (including phenoxy) is 1. The quantitative estimate of drug-likeness (QED) is 0.805. The summed E-state index contributed by atoms with van der Waals surface area (Å²) in [5, 5.41) is 24.9. The first-order valence-corrected chi connectivity index (χ1v) is 9.98. The fraction of sp³-hybridized carbons (Fsp3) is 0.667. The molecule has 1 saturated heterocycles. The zero-order chi connectivity index (χ0) is 17.9. The van der Waals surface area contributed by atoms with Crippen molar-refractivity contribution in [1.82, 2.24) is 0 Å². The molecule has 1 aromatic carbocycles. The van der Waals surface area contributed by atoms with Gasteiger partial charge in [0, 0.05) is 30.7 Å². The van der Waals surface area contributed by atoms with Crippen LogP contribution in [0.5, 0.6) is 11.5 Å². The molecule has 1 aromatic rings. The molecule has 2 bridgehead atoms. The summed E-state index contributed by atoms with van der Waals surface area (Å²) >= 11 is 0. The molecule has 1 spiro atoms. The van der Waals surface area contributed by atoms with Gasteiger partial charge in [0.1, 0.15) is 17.4 Å². The highest BCUT2D eigenvalue weighted by Gasteiger charge is 2.76. The number of aliphatic hydroxyl groups is 1. The Morgan fingerprint density at radius 2 is 2.15 bits per heavy atom. The van der Waals surface area contributed by atoms with Gasteiger partial charge >= 0.3 is 0 Å². The van der Waals surface area contributed by atoms with E-state index in [-0.39, 0.29) is 17.6 Å². The van der Waals surface area contributed by atoms with Crippen molar-refractivity contribution in [2.24, 2.45) is 5.92 Å². The lowest BCUT2D eigenvalue weighted by molar-refractivity contribution is -0.950. The summed E-state index contributed by atoms with van der Waals surface area (Å²) in [5.41, 5.74) is 0.00523. The maximum atomic E-state index is 12.8. The van der Waals surface area contributed by atoms with E-state index in [0.29, 0.717) is 25.0 Å². The number of ketones is 1. The zero-order valence-corrected chi connectivity index (χ0v) is 15.2. The largest absolute Gasteiger partial charge is 0.872 e. The van der Waals surface area contributed by atoms with Gasteiger partial charge in [-0.3, -0.25) is 4.79 Å². The van der Waals surface area contributed by atoms with Crippen LogP contribution in [0.1, 0.15) is 43.2 Å². The third-order valence-electron chi connectivity index (χ3n) is 8.28. The highest BCUT2D eigenvalue weighted by Crippen LogP contribution is 2.65. The number of likely N-dealkylation sites (tertiary alicyclic amines) is 1. The van der Waals surface area contributed by atoms with Gasteiger partial charge in [-0.1, -0.05) is 6.07 Å². The molecule has 5 atom stereocenters. The molecular formula is C21H25NO4. The molecule has 1 N–H and O–H groups in total. The number of carbonyl (C=O) groups is 1. The normalized spacial score (nSPS) is 45.2. The molecule has 2 heterocycles. The minimum atomic E-state index is -0.959. The van der Waals surface area contributed by atoms with Crippen molar-refractivity contribution >= 4 is 5.78 Å². The van der Waals surface area contributed by atoms with Gasteiger partial charge in [0.15, 0.2) is 11.9 Å². The average Bonchev–Trinajstić information content (AvgIpc) is 3.33. The molecule has 1 unspecified atom stereocenters. The molecule has 0 aromatic heterocycles. The molecule has 0 radical (unpaired) electrons. The molecular weight excluding hydrogens is 330 g/mol. The Balaban J connectivity index is 1.61. The van der Waals surface area contributed by atoms with Crippen molar-refractivity contribution in [2.45, 2.75) is 61.7 Å². The summed E-state index contributed by atoms with van der Waals surface area (Å²) in [7, 11) is 2.26. The van der Waals surface area contributed by atoms with E-state index in [9.17, 15) is 15.0 Å². The van der Waals surface area contributed by atoms with Gasteiger partial charge in [0.05, 0.1) is 25.6 Å². The van der Waals surface area contributed by atoms with Crippen molar-refractivity contribution in [3.63, 3.8) is 0 Å². The van der Waals surface area contributed by atoms with Crippen molar-refractivity contribution in [3.05, 3.63) is 23.3 Å². The molecule has 3 fully saturated rings. The maximum absolute atomic E-state index is 12.8. The first-order chi connectivity index (χ1) is 12.4. The van der Waals surface area contributed by atoms with E-state index in [1.165, 1.54) is 12.8 Å². The lowest BCUT2D eigenvalue weighted by atomic mass is 9.48. The second kappa shape index (κ2) is 4.45. The molecule has 6 rings (SSSR count). The summed E-state index contributed by atoms with van der Waals surface area (Å²) in [6, 6.07) is 3.28. The van der Waals surface area contributed by atoms with E-state index in [2.05, 4.69) is 7.05 Å². The minimum Gasteiger partial charge on any atom is -0.872 e. The number of hydrogen-bond donors (Lipinski definition) is 1. The fourth-order valence-corrected chi connectivity index (χ4v) is 6.94. The topological polar surface area (TPSA) is 69.6 Å². The van der Waals surface area contributed by atoms with Crippen molar-refractivity contribution in [1.29, 1.82) is 0 Å². The standard InChI is InChI=1S/C21H25NO4/c1-22(11-12-2-3-12)9-8-20-18-13-10-17(22)21(20,25)7-6-15(24)19(20)26-16(18)5-4-14(13)23/h4-5,12,17,19,25H,2-3,6-11H2,1H3/t17-,19?,20+,21+,22+/m0/s1. The van der Waals surface area contributed by atoms with Gasteiger partial charge in [-0.15, -0.1) is 5.75 Å². The molecule has 5 nitrogen and oxygen atoms in total. The first-order valence-electron chi connectivity index (χ1n) is 9.98. The van der Waals surface area contributed by atoms with Gasteiger partial charge < -0.3 is 19.4 Å². The third kappa shape index (κ3) is 1.55. The lowest BCUT2D eigenvalue weighted by Crippen LogP contribution is -2.80. The number of hydrogen-bond acceptors (Lipinski definition) is 4. The minimum absolute atomic E-state index is 0.0235. The number of Topliss-reactive ketones (excluding diaryl/α,β-unsaturated/α-hetero) is 1. The zero-order valence-electron chi connectivity index (χ0n) is 15.2. The Bertz CT molecular complexity index is 849. The Kier molecular flexibility index (Phi) is 2.65. The van der Waals surface area contributed by atoms with Crippen LogP contribution in [0.2, 0.25) is 0 Å². The van der Waals surface area contributed by atoms with Crippen LogP contribution in [-0.4, -0.2) is 53.3 Å².